The third-order valence-electron chi connectivity index (χ3n) is 4.07. The van der Waals surface area contributed by atoms with E-state index in [1.165, 1.54) is 22.9 Å². The highest BCUT2D eigenvalue weighted by Gasteiger charge is 2.43. The van der Waals surface area contributed by atoms with Crippen LogP contribution in [-0.4, -0.2) is 38.6 Å². The number of carbonyl (C=O) groups is 1. The third-order valence-corrected chi connectivity index (χ3v) is 4.07. The normalized spacial score (nSPS) is 13.9. The summed E-state index contributed by atoms with van der Waals surface area (Å²) in [5.74, 6) is -0.0655. The number of halogens is 2. The van der Waals surface area contributed by atoms with Gasteiger partial charge in [0.1, 0.15) is 6.54 Å². The van der Waals surface area contributed by atoms with Crippen molar-refractivity contribution < 1.29 is 27.8 Å². The minimum Gasteiger partial charge on any atom is -0.465 e. The topological polar surface area (TPSA) is 100 Å². The van der Waals surface area contributed by atoms with Gasteiger partial charge in [-0.15, -0.1) is 13.9 Å². The van der Waals surface area contributed by atoms with Gasteiger partial charge in [-0.1, -0.05) is 0 Å². The number of carbonyl (C=O) groups excluding carboxylic acids is 1. The van der Waals surface area contributed by atoms with E-state index in [1.54, 1.807) is 25.3 Å². The molecule has 0 atom stereocenters. The van der Waals surface area contributed by atoms with E-state index in [-0.39, 0.29) is 30.6 Å². The van der Waals surface area contributed by atoms with Gasteiger partial charge in [0.2, 0.25) is 5.95 Å². The lowest BCUT2D eigenvalue weighted by Gasteiger charge is -2.05. The van der Waals surface area contributed by atoms with Gasteiger partial charge in [-0.05, 0) is 38.1 Å². The molecule has 11 heteroatoms. The van der Waals surface area contributed by atoms with Gasteiger partial charge >= 0.3 is 12.3 Å². The van der Waals surface area contributed by atoms with Gasteiger partial charge in [-0.2, -0.15) is 4.98 Å². The van der Waals surface area contributed by atoms with Crippen LogP contribution >= 0.6 is 0 Å². The Labute approximate surface area is 169 Å². The Bertz CT molecular complexity index is 1100. The monoisotopic (exact) mass is 417 g/mol. The van der Waals surface area contributed by atoms with E-state index in [1.807, 2.05) is 6.92 Å². The zero-order valence-corrected chi connectivity index (χ0v) is 16.1. The van der Waals surface area contributed by atoms with E-state index in [0.29, 0.717) is 17.1 Å². The van der Waals surface area contributed by atoms with Gasteiger partial charge in [0, 0.05) is 29.2 Å². The van der Waals surface area contributed by atoms with E-state index < -0.39 is 12.3 Å². The summed E-state index contributed by atoms with van der Waals surface area (Å²) >= 11 is 0. The summed E-state index contributed by atoms with van der Waals surface area (Å²) in [5.41, 5.74) is 1.88. The minimum absolute atomic E-state index is 0.0701. The van der Waals surface area contributed by atoms with Crippen LogP contribution in [0.1, 0.15) is 12.6 Å². The molecule has 0 aliphatic carbocycles. The van der Waals surface area contributed by atoms with E-state index in [2.05, 4.69) is 29.9 Å². The molecule has 1 aliphatic heterocycles. The van der Waals surface area contributed by atoms with Crippen molar-refractivity contribution in [1.82, 2.24) is 19.7 Å². The van der Waals surface area contributed by atoms with Gasteiger partial charge in [-0.25, -0.2) is 4.68 Å². The maximum Gasteiger partial charge on any atom is 0.586 e. The van der Waals surface area contributed by atoms with Crippen molar-refractivity contribution in [2.75, 3.05) is 11.9 Å². The van der Waals surface area contributed by atoms with Crippen LogP contribution in [0.25, 0.3) is 11.4 Å². The van der Waals surface area contributed by atoms with Crippen LogP contribution in [0.5, 0.6) is 11.5 Å². The zero-order chi connectivity index (χ0) is 21.3. The second-order valence-electron chi connectivity index (χ2n) is 6.36. The van der Waals surface area contributed by atoms with Gasteiger partial charge < -0.3 is 19.5 Å². The summed E-state index contributed by atoms with van der Waals surface area (Å²) in [6, 6.07) is 7.76. The molecule has 0 amide bonds. The molecule has 0 saturated carbocycles. The Kier molecular flexibility index (Phi) is 4.94. The molecular formula is C19H17F2N5O4. The van der Waals surface area contributed by atoms with Gasteiger partial charge in [0.25, 0.3) is 0 Å². The first-order valence-corrected chi connectivity index (χ1v) is 9.03. The summed E-state index contributed by atoms with van der Waals surface area (Å²) < 4.78 is 41.7. The smallest absolute Gasteiger partial charge is 0.465 e. The molecule has 0 bridgehead atoms. The number of hydrogen-bond donors (Lipinski definition) is 1. The fourth-order valence-corrected chi connectivity index (χ4v) is 2.89. The predicted octanol–water partition coefficient (Wildman–Crippen LogP) is 3.28. The SMILES string of the molecule is CCOC(=O)Cn1nc(Nc2ccc3c(c2)OC(F)(F)O3)nc1-c1ccnc(C)c1. The van der Waals surface area contributed by atoms with Crippen LogP contribution in [0, 0.1) is 6.92 Å². The molecule has 2 aromatic heterocycles. The molecule has 0 unspecified atom stereocenters. The fraction of sp³-hybridized carbons (Fsp3) is 0.263. The number of alkyl halides is 2. The molecule has 3 heterocycles. The van der Waals surface area contributed by atoms with E-state index in [4.69, 9.17) is 4.74 Å². The molecule has 1 aromatic carbocycles. The molecule has 0 fully saturated rings. The maximum absolute atomic E-state index is 13.2. The number of aryl methyl sites for hydroxylation is 1. The molecule has 156 valence electrons. The van der Waals surface area contributed by atoms with Crippen molar-refractivity contribution in [2.45, 2.75) is 26.7 Å². The van der Waals surface area contributed by atoms with E-state index in [0.717, 1.165) is 5.69 Å². The molecule has 3 aromatic rings. The highest BCUT2D eigenvalue weighted by molar-refractivity contribution is 5.71. The number of nitrogens with one attached hydrogen (secondary N) is 1. The number of pyridine rings is 1. The maximum atomic E-state index is 13.2. The van der Waals surface area contributed by atoms with Gasteiger partial charge in [-0.3, -0.25) is 9.78 Å². The summed E-state index contributed by atoms with van der Waals surface area (Å²) in [6.07, 6.45) is -2.08. The second kappa shape index (κ2) is 7.58. The standard InChI is InChI=1S/C19H17F2N5O4/c1-3-28-16(27)10-26-17(12-6-7-22-11(2)8-12)24-18(25-26)23-13-4-5-14-15(9-13)30-19(20,21)29-14/h4-9H,3,10H2,1-2H3,(H,23,25). The number of hydrogen-bond acceptors (Lipinski definition) is 8. The molecule has 30 heavy (non-hydrogen) atoms. The fourth-order valence-electron chi connectivity index (χ4n) is 2.89. The van der Waals surface area contributed by atoms with Crippen LogP contribution in [0.15, 0.2) is 36.5 Å². The lowest BCUT2D eigenvalue weighted by Crippen LogP contribution is -2.25. The van der Waals surface area contributed by atoms with Crippen molar-refractivity contribution in [1.29, 1.82) is 0 Å². The Morgan fingerprint density at radius 2 is 2.03 bits per heavy atom. The number of aromatic nitrogens is 4. The largest absolute Gasteiger partial charge is 0.586 e. The minimum atomic E-state index is -3.70. The number of esters is 1. The summed E-state index contributed by atoms with van der Waals surface area (Å²) in [4.78, 5) is 20.6. The number of benzene rings is 1. The molecule has 0 spiro atoms. The van der Waals surface area contributed by atoms with Crippen molar-refractivity contribution in [3.8, 4) is 22.9 Å². The Morgan fingerprint density at radius 3 is 2.80 bits per heavy atom. The summed E-state index contributed by atoms with van der Waals surface area (Å²) in [7, 11) is 0. The first-order chi connectivity index (χ1) is 14.3. The average Bonchev–Trinajstić information content (AvgIpc) is 3.20. The number of ether oxygens (including phenoxy) is 3. The van der Waals surface area contributed by atoms with Crippen LogP contribution < -0.4 is 14.8 Å². The first kappa shape index (κ1) is 19.6. The second-order valence-corrected chi connectivity index (χ2v) is 6.36. The van der Waals surface area contributed by atoms with Gasteiger partial charge in [0.15, 0.2) is 17.3 Å². The molecule has 1 aliphatic rings. The zero-order valence-electron chi connectivity index (χ0n) is 16.1. The van der Waals surface area contributed by atoms with Crippen LogP contribution in [0.4, 0.5) is 20.4 Å². The van der Waals surface area contributed by atoms with Crippen molar-refractivity contribution >= 4 is 17.6 Å². The number of anilines is 2. The van der Waals surface area contributed by atoms with Crippen molar-refractivity contribution in [3.05, 3.63) is 42.2 Å². The third kappa shape index (κ3) is 4.14. The van der Waals surface area contributed by atoms with Crippen LogP contribution in [0.2, 0.25) is 0 Å². The summed E-state index contributed by atoms with van der Waals surface area (Å²) in [5, 5.41) is 7.23. The van der Waals surface area contributed by atoms with E-state index in [9.17, 15) is 13.6 Å². The Balaban J connectivity index is 1.63. The average molecular weight is 417 g/mol. The lowest BCUT2D eigenvalue weighted by atomic mass is 10.2. The lowest BCUT2D eigenvalue weighted by molar-refractivity contribution is -0.286. The number of nitrogens with zero attached hydrogens (tertiary/aromatic N) is 4. The predicted molar refractivity (Wildman–Crippen MR) is 101 cm³/mol. The summed E-state index contributed by atoms with van der Waals surface area (Å²) in [6.45, 7) is 3.64. The Hall–Kier alpha value is -3.76. The molecule has 0 saturated heterocycles. The molecule has 1 N–H and O–H groups in total. The molecule has 9 nitrogen and oxygen atoms in total. The molecule has 0 radical (unpaired) electrons. The highest BCUT2D eigenvalue weighted by atomic mass is 19.3. The van der Waals surface area contributed by atoms with Crippen LogP contribution in [-0.2, 0) is 16.1 Å². The van der Waals surface area contributed by atoms with E-state index >= 15 is 0 Å². The number of rotatable bonds is 6. The first-order valence-electron chi connectivity index (χ1n) is 9.03. The van der Waals surface area contributed by atoms with Crippen molar-refractivity contribution in [2.24, 2.45) is 0 Å². The number of fused-ring (bicyclic) bond motifs is 1. The molecular weight excluding hydrogens is 400 g/mol. The van der Waals surface area contributed by atoms with Crippen molar-refractivity contribution in [3.63, 3.8) is 0 Å². The Morgan fingerprint density at radius 1 is 1.23 bits per heavy atom. The highest BCUT2D eigenvalue weighted by Crippen LogP contribution is 2.42. The molecule has 4 rings (SSSR count). The van der Waals surface area contributed by atoms with Gasteiger partial charge in [0.05, 0.1) is 6.61 Å². The quantitative estimate of drug-likeness (QED) is 0.610. The van der Waals surface area contributed by atoms with Crippen LogP contribution in [0.3, 0.4) is 0 Å².